The van der Waals surface area contributed by atoms with E-state index < -0.39 is 0 Å². The van der Waals surface area contributed by atoms with Crippen LogP contribution in [-0.4, -0.2) is 39.0 Å². The summed E-state index contributed by atoms with van der Waals surface area (Å²) in [5, 5.41) is 3.48. The summed E-state index contributed by atoms with van der Waals surface area (Å²) < 4.78 is 10.9. The van der Waals surface area contributed by atoms with E-state index in [-0.39, 0.29) is 0 Å². The van der Waals surface area contributed by atoms with Gasteiger partial charge < -0.3 is 14.8 Å². The zero-order valence-corrected chi connectivity index (χ0v) is 12.8. The largest absolute Gasteiger partial charge is 0.379 e. The smallest absolute Gasteiger partial charge is 0.0701 e. The van der Waals surface area contributed by atoms with Crippen molar-refractivity contribution in [2.24, 2.45) is 5.92 Å². The van der Waals surface area contributed by atoms with Gasteiger partial charge in [-0.15, -0.1) is 0 Å². The molecule has 3 heteroatoms. The third kappa shape index (κ3) is 13.9. The zero-order chi connectivity index (χ0) is 13.6. The third-order valence-corrected chi connectivity index (χ3v) is 2.80. The highest BCUT2D eigenvalue weighted by Gasteiger charge is 2.00. The second kappa shape index (κ2) is 13.3. The van der Waals surface area contributed by atoms with Crippen molar-refractivity contribution in [1.29, 1.82) is 0 Å². The summed E-state index contributed by atoms with van der Waals surface area (Å²) in [5.74, 6) is 0.607. The van der Waals surface area contributed by atoms with E-state index in [1.54, 1.807) is 0 Å². The zero-order valence-electron chi connectivity index (χ0n) is 12.8. The normalized spacial score (nSPS) is 13.2. The summed E-state index contributed by atoms with van der Waals surface area (Å²) in [7, 11) is 0. The summed E-state index contributed by atoms with van der Waals surface area (Å²) >= 11 is 0. The molecule has 0 aliphatic heterocycles. The molecular weight excluding hydrogens is 226 g/mol. The van der Waals surface area contributed by atoms with Gasteiger partial charge in [-0.2, -0.15) is 0 Å². The minimum atomic E-state index is 0.607. The Hall–Kier alpha value is -0.120. The van der Waals surface area contributed by atoms with E-state index in [0.717, 1.165) is 19.8 Å². The lowest BCUT2D eigenvalue weighted by atomic mass is 10.1. The summed E-state index contributed by atoms with van der Waals surface area (Å²) in [5.41, 5.74) is 0. The highest BCUT2D eigenvalue weighted by Crippen LogP contribution is 2.02. The van der Waals surface area contributed by atoms with Crippen LogP contribution in [-0.2, 0) is 9.47 Å². The predicted molar refractivity (Wildman–Crippen MR) is 78.1 cm³/mol. The molecule has 110 valence electrons. The second-order valence-corrected chi connectivity index (χ2v) is 5.43. The van der Waals surface area contributed by atoms with Gasteiger partial charge in [0.25, 0.3) is 0 Å². The number of hydrogen-bond donors (Lipinski definition) is 1. The van der Waals surface area contributed by atoms with Crippen molar-refractivity contribution in [2.45, 2.75) is 59.4 Å². The van der Waals surface area contributed by atoms with Crippen LogP contribution < -0.4 is 5.32 Å². The molecule has 0 aliphatic carbocycles. The lowest BCUT2D eigenvalue weighted by molar-refractivity contribution is 0.0383. The molecule has 1 unspecified atom stereocenters. The molecule has 1 N–H and O–H groups in total. The van der Waals surface area contributed by atoms with E-state index in [4.69, 9.17) is 9.47 Å². The topological polar surface area (TPSA) is 30.5 Å². The van der Waals surface area contributed by atoms with Gasteiger partial charge in [0, 0.05) is 19.2 Å². The maximum Gasteiger partial charge on any atom is 0.0701 e. The molecule has 0 heterocycles. The number of unbranched alkanes of at least 4 members (excludes halogenated alkanes) is 2. The van der Waals surface area contributed by atoms with E-state index in [2.05, 4.69) is 33.0 Å². The molecule has 0 rings (SSSR count). The summed E-state index contributed by atoms with van der Waals surface area (Å²) in [6.07, 6.45) is 5.24. The molecule has 0 fully saturated rings. The highest BCUT2D eigenvalue weighted by atomic mass is 16.5. The first-order chi connectivity index (χ1) is 8.66. The Morgan fingerprint density at radius 2 is 1.67 bits per heavy atom. The van der Waals surface area contributed by atoms with Crippen molar-refractivity contribution < 1.29 is 9.47 Å². The molecule has 0 aliphatic rings. The Morgan fingerprint density at radius 3 is 2.33 bits per heavy atom. The molecule has 0 radical (unpaired) electrons. The molecule has 0 saturated heterocycles. The van der Waals surface area contributed by atoms with E-state index in [0.29, 0.717) is 25.2 Å². The van der Waals surface area contributed by atoms with Crippen molar-refractivity contribution in [3.05, 3.63) is 0 Å². The maximum atomic E-state index is 5.50. The Bertz CT molecular complexity index is 163. The predicted octanol–water partition coefficient (Wildman–Crippen LogP) is 3.23. The van der Waals surface area contributed by atoms with Gasteiger partial charge in [0.15, 0.2) is 0 Å². The Morgan fingerprint density at radius 1 is 0.944 bits per heavy atom. The Balaban J connectivity index is 3.10. The Kier molecular flexibility index (Phi) is 13.2. The molecule has 0 aromatic carbocycles. The van der Waals surface area contributed by atoms with Gasteiger partial charge in [-0.1, -0.05) is 40.0 Å². The van der Waals surface area contributed by atoms with Crippen molar-refractivity contribution >= 4 is 0 Å². The molecule has 1 atom stereocenters. The van der Waals surface area contributed by atoms with Crippen LogP contribution in [0.2, 0.25) is 0 Å². The summed E-state index contributed by atoms with van der Waals surface area (Å²) in [6, 6.07) is 0.609. The minimum absolute atomic E-state index is 0.607. The summed E-state index contributed by atoms with van der Waals surface area (Å²) in [4.78, 5) is 0. The monoisotopic (exact) mass is 259 g/mol. The van der Waals surface area contributed by atoms with E-state index in [1.165, 1.54) is 25.7 Å². The number of nitrogens with one attached hydrogen (secondary N) is 1. The number of rotatable bonds is 13. The van der Waals surface area contributed by atoms with Gasteiger partial charge in [0.1, 0.15) is 0 Å². The molecule has 0 spiro atoms. The van der Waals surface area contributed by atoms with Crippen LogP contribution in [0.5, 0.6) is 0 Å². The fourth-order valence-electron chi connectivity index (χ4n) is 1.72. The van der Waals surface area contributed by atoms with Gasteiger partial charge in [0.05, 0.1) is 19.8 Å². The van der Waals surface area contributed by atoms with Crippen LogP contribution in [0.1, 0.15) is 53.4 Å². The number of ether oxygens (including phenoxy) is 2. The molecule has 0 saturated carbocycles. The van der Waals surface area contributed by atoms with Crippen LogP contribution in [0.25, 0.3) is 0 Å². The fraction of sp³-hybridized carbons (Fsp3) is 1.00. The lowest BCUT2D eigenvalue weighted by Gasteiger charge is -2.13. The SMILES string of the molecule is CCCCCC(C)NCCOCCOCC(C)C. The Labute approximate surface area is 114 Å². The molecule has 18 heavy (non-hydrogen) atoms. The van der Waals surface area contributed by atoms with Crippen molar-refractivity contribution in [3.8, 4) is 0 Å². The van der Waals surface area contributed by atoms with Crippen molar-refractivity contribution in [3.63, 3.8) is 0 Å². The molecule has 0 bridgehead atoms. The van der Waals surface area contributed by atoms with Gasteiger partial charge in [-0.3, -0.25) is 0 Å². The third-order valence-electron chi connectivity index (χ3n) is 2.80. The van der Waals surface area contributed by atoms with Crippen LogP contribution in [0.4, 0.5) is 0 Å². The highest BCUT2D eigenvalue weighted by molar-refractivity contribution is 4.59. The van der Waals surface area contributed by atoms with Gasteiger partial charge >= 0.3 is 0 Å². The lowest BCUT2D eigenvalue weighted by Crippen LogP contribution is -2.29. The number of hydrogen-bond acceptors (Lipinski definition) is 3. The van der Waals surface area contributed by atoms with E-state index in [1.807, 2.05) is 0 Å². The molecule has 0 aromatic rings. The second-order valence-electron chi connectivity index (χ2n) is 5.43. The van der Waals surface area contributed by atoms with Crippen molar-refractivity contribution in [1.82, 2.24) is 5.32 Å². The average molecular weight is 259 g/mol. The van der Waals surface area contributed by atoms with Gasteiger partial charge in [-0.05, 0) is 19.3 Å². The molecule has 0 aromatic heterocycles. The van der Waals surface area contributed by atoms with E-state index in [9.17, 15) is 0 Å². The molecule has 3 nitrogen and oxygen atoms in total. The molecule has 0 amide bonds. The minimum Gasteiger partial charge on any atom is -0.379 e. The van der Waals surface area contributed by atoms with Crippen LogP contribution >= 0.6 is 0 Å². The quantitative estimate of drug-likeness (QED) is 0.515. The standard InChI is InChI=1S/C15H33NO2/c1-5-6-7-8-15(4)16-9-10-17-11-12-18-13-14(2)3/h14-16H,5-13H2,1-4H3. The van der Waals surface area contributed by atoms with Crippen LogP contribution in [0.3, 0.4) is 0 Å². The summed E-state index contributed by atoms with van der Waals surface area (Å²) in [6.45, 7) is 12.8. The average Bonchev–Trinajstić information content (AvgIpc) is 2.32. The fourth-order valence-corrected chi connectivity index (χ4v) is 1.72. The van der Waals surface area contributed by atoms with E-state index >= 15 is 0 Å². The van der Waals surface area contributed by atoms with Gasteiger partial charge in [-0.25, -0.2) is 0 Å². The first kappa shape index (κ1) is 17.9. The van der Waals surface area contributed by atoms with Crippen molar-refractivity contribution in [2.75, 3.05) is 33.0 Å². The first-order valence-corrected chi connectivity index (χ1v) is 7.55. The molecular formula is C15H33NO2. The van der Waals surface area contributed by atoms with Crippen LogP contribution in [0, 0.1) is 5.92 Å². The first-order valence-electron chi connectivity index (χ1n) is 7.55. The van der Waals surface area contributed by atoms with Crippen LogP contribution in [0.15, 0.2) is 0 Å². The maximum absolute atomic E-state index is 5.50. The van der Waals surface area contributed by atoms with Gasteiger partial charge in [0.2, 0.25) is 0 Å².